The largest absolute Gasteiger partial charge is 0.354 e. The van der Waals surface area contributed by atoms with Crippen molar-refractivity contribution >= 4 is 5.82 Å². The topological polar surface area (TPSA) is 45.4 Å². The maximum atomic E-state index is 6.42. The van der Waals surface area contributed by atoms with E-state index in [-0.39, 0.29) is 6.04 Å². The first-order valence-electron chi connectivity index (χ1n) is 8.43. The first kappa shape index (κ1) is 16.0. The van der Waals surface area contributed by atoms with Crippen LogP contribution in [0, 0.1) is 6.92 Å². The van der Waals surface area contributed by atoms with Crippen LogP contribution in [-0.4, -0.2) is 42.6 Å². The molecule has 2 aromatic rings. The molecular weight excluding hydrogens is 284 g/mol. The molecule has 4 heteroatoms. The molecule has 1 aliphatic rings. The van der Waals surface area contributed by atoms with E-state index in [1.165, 1.54) is 5.56 Å². The summed E-state index contributed by atoms with van der Waals surface area (Å²) in [5, 5.41) is 0. The SMILES string of the molecule is CCN1CCN(c2cc(C)c(C(N)c3ccccc3)cn2)CC1. The van der Waals surface area contributed by atoms with E-state index in [0.29, 0.717) is 0 Å². The standard InChI is InChI=1S/C19H26N4/c1-3-22-9-11-23(12-10-22)18-13-15(2)17(14-21-18)19(20)16-7-5-4-6-8-16/h4-8,13-14,19H,3,9-12,20H2,1-2H3. The molecule has 2 N–H and O–H groups in total. The normalized spacial score (nSPS) is 17.3. The fourth-order valence-corrected chi connectivity index (χ4v) is 3.18. The van der Waals surface area contributed by atoms with E-state index in [1.807, 2.05) is 24.4 Å². The summed E-state index contributed by atoms with van der Waals surface area (Å²) in [4.78, 5) is 9.54. The lowest BCUT2D eigenvalue weighted by molar-refractivity contribution is 0.270. The minimum atomic E-state index is -0.116. The summed E-state index contributed by atoms with van der Waals surface area (Å²) in [5.41, 5.74) is 9.86. The Bertz CT molecular complexity index is 633. The van der Waals surface area contributed by atoms with Gasteiger partial charge in [0, 0.05) is 32.4 Å². The van der Waals surface area contributed by atoms with Gasteiger partial charge in [0.1, 0.15) is 5.82 Å². The van der Waals surface area contributed by atoms with Crippen LogP contribution in [0.15, 0.2) is 42.6 Å². The molecule has 4 nitrogen and oxygen atoms in total. The van der Waals surface area contributed by atoms with Gasteiger partial charge in [-0.1, -0.05) is 37.3 Å². The molecule has 0 saturated carbocycles. The van der Waals surface area contributed by atoms with Gasteiger partial charge >= 0.3 is 0 Å². The molecule has 1 aliphatic heterocycles. The molecule has 1 saturated heterocycles. The second kappa shape index (κ2) is 7.11. The summed E-state index contributed by atoms with van der Waals surface area (Å²) in [6, 6.07) is 12.3. The fourth-order valence-electron chi connectivity index (χ4n) is 3.18. The summed E-state index contributed by atoms with van der Waals surface area (Å²) < 4.78 is 0. The van der Waals surface area contributed by atoms with Crippen LogP contribution in [0.2, 0.25) is 0 Å². The quantitative estimate of drug-likeness (QED) is 0.943. The summed E-state index contributed by atoms with van der Waals surface area (Å²) in [5.74, 6) is 1.07. The Morgan fingerprint density at radius 3 is 2.43 bits per heavy atom. The molecular formula is C19H26N4. The highest BCUT2D eigenvalue weighted by molar-refractivity contribution is 5.46. The number of aryl methyl sites for hydroxylation is 1. The Morgan fingerprint density at radius 2 is 1.83 bits per heavy atom. The number of aromatic nitrogens is 1. The second-order valence-corrected chi connectivity index (χ2v) is 6.21. The van der Waals surface area contributed by atoms with Crippen molar-refractivity contribution < 1.29 is 0 Å². The summed E-state index contributed by atoms with van der Waals surface area (Å²) in [7, 11) is 0. The van der Waals surface area contributed by atoms with Gasteiger partial charge in [0.05, 0.1) is 6.04 Å². The number of nitrogens with zero attached hydrogens (tertiary/aromatic N) is 3. The predicted molar refractivity (Wildman–Crippen MR) is 95.8 cm³/mol. The number of piperazine rings is 1. The minimum absolute atomic E-state index is 0.116. The maximum absolute atomic E-state index is 6.42. The molecule has 0 amide bonds. The van der Waals surface area contributed by atoms with Crippen molar-refractivity contribution in [3.05, 3.63) is 59.3 Å². The van der Waals surface area contributed by atoms with Gasteiger partial charge in [-0.3, -0.25) is 0 Å². The van der Waals surface area contributed by atoms with Crippen LogP contribution in [0.25, 0.3) is 0 Å². The van der Waals surface area contributed by atoms with Crippen molar-refractivity contribution in [2.45, 2.75) is 19.9 Å². The van der Waals surface area contributed by atoms with Gasteiger partial charge in [-0.2, -0.15) is 0 Å². The third-order valence-electron chi connectivity index (χ3n) is 4.77. The van der Waals surface area contributed by atoms with Crippen LogP contribution < -0.4 is 10.6 Å². The van der Waals surface area contributed by atoms with Crippen LogP contribution in [0.5, 0.6) is 0 Å². The van der Waals surface area contributed by atoms with Crippen molar-refractivity contribution in [3.63, 3.8) is 0 Å². The van der Waals surface area contributed by atoms with Gasteiger partial charge in [0.15, 0.2) is 0 Å². The minimum Gasteiger partial charge on any atom is -0.354 e. The Kier molecular flexibility index (Phi) is 4.94. The highest BCUT2D eigenvalue weighted by Crippen LogP contribution is 2.25. The smallest absolute Gasteiger partial charge is 0.128 e. The molecule has 122 valence electrons. The second-order valence-electron chi connectivity index (χ2n) is 6.21. The number of likely N-dealkylation sites (N-methyl/N-ethyl adjacent to an activating group) is 1. The van der Waals surface area contributed by atoms with Crippen LogP contribution in [0.4, 0.5) is 5.82 Å². The lowest BCUT2D eigenvalue weighted by Gasteiger charge is -2.35. The molecule has 1 aromatic heterocycles. The first-order valence-corrected chi connectivity index (χ1v) is 8.43. The van der Waals surface area contributed by atoms with Crippen LogP contribution in [0.3, 0.4) is 0 Å². The van der Waals surface area contributed by atoms with Crippen molar-refractivity contribution in [1.29, 1.82) is 0 Å². The highest BCUT2D eigenvalue weighted by Gasteiger charge is 2.18. The molecule has 23 heavy (non-hydrogen) atoms. The monoisotopic (exact) mass is 310 g/mol. The molecule has 1 fully saturated rings. The Hall–Kier alpha value is -1.91. The van der Waals surface area contributed by atoms with Crippen molar-refractivity contribution in [3.8, 4) is 0 Å². The molecule has 0 aliphatic carbocycles. The summed E-state index contributed by atoms with van der Waals surface area (Å²) >= 11 is 0. The number of rotatable bonds is 4. The van der Waals surface area contributed by atoms with E-state index >= 15 is 0 Å². The van der Waals surface area contributed by atoms with Crippen LogP contribution in [0.1, 0.15) is 29.7 Å². The van der Waals surface area contributed by atoms with Crippen molar-refractivity contribution in [2.24, 2.45) is 5.73 Å². The van der Waals surface area contributed by atoms with Gasteiger partial charge in [0.2, 0.25) is 0 Å². The molecule has 0 spiro atoms. The number of hydrogen-bond donors (Lipinski definition) is 1. The lowest BCUT2D eigenvalue weighted by Crippen LogP contribution is -2.46. The zero-order chi connectivity index (χ0) is 16.2. The van der Waals surface area contributed by atoms with Gasteiger partial charge in [-0.15, -0.1) is 0 Å². The third kappa shape index (κ3) is 3.54. The number of anilines is 1. The molecule has 1 unspecified atom stereocenters. The molecule has 2 heterocycles. The van der Waals surface area contributed by atoms with E-state index < -0.39 is 0 Å². The van der Waals surface area contributed by atoms with Crippen LogP contribution in [-0.2, 0) is 0 Å². The van der Waals surface area contributed by atoms with Gasteiger partial charge < -0.3 is 15.5 Å². The van der Waals surface area contributed by atoms with Crippen molar-refractivity contribution in [1.82, 2.24) is 9.88 Å². The average Bonchev–Trinajstić information content (AvgIpc) is 2.62. The number of benzene rings is 1. The molecule has 1 atom stereocenters. The van der Waals surface area contributed by atoms with E-state index in [0.717, 1.165) is 49.7 Å². The zero-order valence-electron chi connectivity index (χ0n) is 14.1. The van der Waals surface area contributed by atoms with Gasteiger partial charge in [-0.25, -0.2) is 4.98 Å². The molecule has 3 rings (SSSR count). The number of pyridine rings is 1. The fraction of sp³-hybridized carbons (Fsp3) is 0.421. The maximum Gasteiger partial charge on any atom is 0.128 e. The summed E-state index contributed by atoms with van der Waals surface area (Å²) in [6.45, 7) is 9.80. The molecule has 0 bridgehead atoms. The first-order chi connectivity index (χ1) is 11.2. The highest BCUT2D eigenvalue weighted by atomic mass is 15.3. The number of nitrogens with two attached hydrogens (primary N) is 1. The van der Waals surface area contributed by atoms with E-state index in [9.17, 15) is 0 Å². The average molecular weight is 310 g/mol. The Morgan fingerprint density at radius 1 is 1.13 bits per heavy atom. The Labute approximate surface area is 138 Å². The number of hydrogen-bond acceptors (Lipinski definition) is 4. The zero-order valence-corrected chi connectivity index (χ0v) is 14.1. The van der Waals surface area contributed by atoms with E-state index in [1.54, 1.807) is 0 Å². The van der Waals surface area contributed by atoms with Crippen LogP contribution >= 0.6 is 0 Å². The third-order valence-corrected chi connectivity index (χ3v) is 4.77. The van der Waals surface area contributed by atoms with Crippen molar-refractivity contribution in [2.75, 3.05) is 37.6 Å². The summed E-state index contributed by atoms with van der Waals surface area (Å²) in [6.07, 6.45) is 1.95. The molecule has 1 aromatic carbocycles. The Balaban J connectivity index is 1.76. The van der Waals surface area contributed by atoms with Gasteiger partial charge in [-0.05, 0) is 36.2 Å². The van der Waals surface area contributed by atoms with E-state index in [4.69, 9.17) is 5.73 Å². The van der Waals surface area contributed by atoms with E-state index in [2.05, 4.69) is 46.8 Å². The lowest BCUT2D eigenvalue weighted by atomic mass is 9.97. The predicted octanol–water partition coefficient (Wildman–Crippen LogP) is 2.58. The molecule has 0 radical (unpaired) electrons. The van der Waals surface area contributed by atoms with Gasteiger partial charge in [0.25, 0.3) is 0 Å².